The molecule has 1 aliphatic carbocycles. The van der Waals surface area contributed by atoms with E-state index >= 15 is 0 Å². The van der Waals surface area contributed by atoms with Gasteiger partial charge in [-0.05, 0) is 34.8 Å². The predicted octanol–water partition coefficient (Wildman–Crippen LogP) is 4.90. The van der Waals surface area contributed by atoms with Crippen molar-refractivity contribution in [2.45, 2.75) is 71.9 Å². The lowest BCUT2D eigenvalue weighted by molar-refractivity contribution is 0.206. The Bertz CT molecular complexity index is 412. The Kier molecular flexibility index (Phi) is 4.90. The summed E-state index contributed by atoms with van der Waals surface area (Å²) in [5.74, 6) is 1.67. The maximum absolute atomic E-state index is 3.78. The van der Waals surface area contributed by atoms with Crippen molar-refractivity contribution in [3.05, 3.63) is 35.4 Å². The van der Waals surface area contributed by atoms with E-state index in [0.717, 1.165) is 18.4 Å². The molecule has 0 spiro atoms. The fourth-order valence-corrected chi connectivity index (χ4v) is 3.24. The van der Waals surface area contributed by atoms with Crippen molar-refractivity contribution in [1.29, 1.82) is 0 Å². The van der Waals surface area contributed by atoms with E-state index in [2.05, 4.69) is 64.2 Å². The van der Waals surface area contributed by atoms with Gasteiger partial charge in [-0.15, -0.1) is 0 Å². The molecule has 2 rings (SSSR count). The van der Waals surface area contributed by atoms with Gasteiger partial charge in [0.25, 0.3) is 0 Å². The molecule has 0 bridgehead atoms. The smallest absolute Gasteiger partial charge is 0.0208 e. The van der Waals surface area contributed by atoms with Gasteiger partial charge in [0.15, 0.2) is 0 Å². The van der Waals surface area contributed by atoms with E-state index in [1.807, 2.05) is 0 Å². The van der Waals surface area contributed by atoms with Crippen LogP contribution in [0.25, 0.3) is 0 Å². The summed E-state index contributed by atoms with van der Waals surface area (Å²) in [5.41, 5.74) is 3.07. The Morgan fingerprint density at radius 1 is 1.05 bits per heavy atom. The summed E-state index contributed by atoms with van der Waals surface area (Å²) < 4.78 is 0. The minimum Gasteiger partial charge on any atom is -0.310 e. The molecule has 0 radical (unpaired) electrons. The Hall–Kier alpha value is -0.820. The van der Waals surface area contributed by atoms with Crippen molar-refractivity contribution < 1.29 is 0 Å². The topological polar surface area (TPSA) is 12.0 Å². The third kappa shape index (κ3) is 3.85. The molecule has 1 aliphatic rings. The summed E-state index contributed by atoms with van der Waals surface area (Å²) in [4.78, 5) is 0. The second kappa shape index (κ2) is 6.30. The first-order valence-corrected chi connectivity index (χ1v) is 8.21. The lowest BCUT2D eigenvalue weighted by atomic mass is 9.78. The van der Waals surface area contributed by atoms with Crippen LogP contribution >= 0.6 is 0 Å². The molecule has 1 heteroatoms. The van der Waals surface area contributed by atoms with E-state index in [-0.39, 0.29) is 5.41 Å². The van der Waals surface area contributed by atoms with Crippen molar-refractivity contribution >= 4 is 0 Å². The molecule has 0 saturated heterocycles. The summed E-state index contributed by atoms with van der Waals surface area (Å²) in [6.07, 6.45) is 4.12. The zero-order valence-corrected chi connectivity index (χ0v) is 13.9. The van der Waals surface area contributed by atoms with Gasteiger partial charge in [-0.25, -0.2) is 0 Å². The average Bonchev–Trinajstić information content (AvgIpc) is 2.40. The van der Waals surface area contributed by atoms with Crippen molar-refractivity contribution in [1.82, 2.24) is 5.32 Å². The minimum atomic E-state index is 0.249. The van der Waals surface area contributed by atoms with Gasteiger partial charge in [-0.1, -0.05) is 71.7 Å². The molecule has 0 aromatic heterocycles. The second-order valence-corrected chi connectivity index (χ2v) is 7.70. The predicted molar refractivity (Wildman–Crippen MR) is 87.9 cm³/mol. The summed E-state index contributed by atoms with van der Waals surface area (Å²) >= 11 is 0. The van der Waals surface area contributed by atoms with Gasteiger partial charge in [0.05, 0.1) is 0 Å². The Labute approximate surface area is 125 Å². The van der Waals surface area contributed by atoms with Crippen LogP contribution in [-0.4, -0.2) is 6.04 Å². The van der Waals surface area contributed by atoms with Gasteiger partial charge in [0.1, 0.15) is 0 Å². The molecule has 3 atom stereocenters. The number of hydrogen-bond donors (Lipinski definition) is 1. The molecule has 1 aromatic rings. The summed E-state index contributed by atoms with van der Waals surface area (Å²) in [5, 5.41) is 3.78. The number of rotatable bonds is 3. The average molecular weight is 273 g/mol. The van der Waals surface area contributed by atoms with Gasteiger partial charge < -0.3 is 5.32 Å². The zero-order valence-electron chi connectivity index (χ0n) is 13.9. The highest BCUT2D eigenvalue weighted by molar-refractivity contribution is 5.27. The molecule has 1 N–H and O–H groups in total. The van der Waals surface area contributed by atoms with Crippen LogP contribution in [-0.2, 0) is 12.0 Å². The van der Waals surface area contributed by atoms with Crippen LogP contribution in [0.15, 0.2) is 24.3 Å². The van der Waals surface area contributed by atoms with E-state index < -0.39 is 0 Å². The highest BCUT2D eigenvalue weighted by Crippen LogP contribution is 2.29. The molecule has 3 unspecified atom stereocenters. The Balaban J connectivity index is 1.91. The normalized spacial score (nSPS) is 27.6. The van der Waals surface area contributed by atoms with Gasteiger partial charge in [0.2, 0.25) is 0 Å². The first-order chi connectivity index (χ1) is 9.38. The lowest BCUT2D eigenvalue weighted by Gasteiger charge is -2.34. The molecule has 0 aliphatic heterocycles. The van der Waals surface area contributed by atoms with Crippen molar-refractivity contribution in [3.63, 3.8) is 0 Å². The van der Waals surface area contributed by atoms with E-state index in [1.165, 1.54) is 30.4 Å². The van der Waals surface area contributed by atoms with E-state index in [0.29, 0.717) is 6.04 Å². The summed E-state index contributed by atoms with van der Waals surface area (Å²) in [6.45, 7) is 12.6. The van der Waals surface area contributed by atoms with Crippen LogP contribution < -0.4 is 5.32 Å². The van der Waals surface area contributed by atoms with E-state index in [9.17, 15) is 0 Å². The molecule has 1 nitrogen and oxygen atoms in total. The second-order valence-electron chi connectivity index (χ2n) is 7.70. The largest absolute Gasteiger partial charge is 0.310 e. The maximum atomic E-state index is 3.78. The Morgan fingerprint density at radius 3 is 2.30 bits per heavy atom. The van der Waals surface area contributed by atoms with Gasteiger partial charge >= 0.3 is 0 Å². The quantitative estimate of drug-likeness (QED) is 0.826. The zero-order chi connectivity index (χ0) is 14.8. The van der Waals surface area contributed by atoms with Crippen molar-refractivity contribution in [2.24, 2.45) is 11.8 Å². The van der Waals surface area contributed by atoms with Crippen molar-refractivity contribution in [3.8, 4) is 0 Å². The molecular weight excluding hydrogens is 242 g/mol. The van der Waals surface area contributed by atoms with E-state index in [1.54, 1.807) is 0 Å². The highest BCUT2D eigenvalue weighted by atomic mass is 14.9. The van der Waals surface area contributed by atoms with Crippen molar-refractivity contribution in [2.75, 3.05) is 0 Å². The molecule has 0 amide bonds. The third-order valence-corrected chi connectivity index (χ3v) is 5.10. The molecule has 0 heterocycles. The molecular formula is C19H31N. The summed E-state index contributed by atoms with van der Waals surface area (Å²) in [7, 11) is 0. The molecule has 1 fully saturated rings. The number of benzene rings is 1. The third-order valence-electron chi connectivity index (χ3n) is 5.10. The minimum absolute atomic E-state index is 0.249. The summed E-state index contributed by atoms with van der Waals surface area (Å²) in [6, 6.07) is 9.82. The first-order valence-electron chi connectivity index (χ1n) is 8.21. The van der Waals surface area contributed by atoms with Crippen LogP contribution in [0.2, 0.25) is 0 Å². The number of nitrogens with one attached hydrogen (secondary N) is 1. The van der Waals surface area contributed by atoms with E-state index in [4.69, 9.17) is 0 Å². The highest BCUT2D eigenvalue weighted by Gasteiger charge is 2.26. The molecule has 1 saturated carbocycles. The lowest BCUT2D eigenvalue weighted by Crippen LogP contribution is -2.40. The fourth-order valence-electron chi connectivity index (χ4n) is 3.24. The first kappa shape index (κ1) is 15.6. The van der Waals surface area contributed by atoms with Crippen LogP contribution in [0.4, 0.5) is 0 Å². The maximum Gasteiger partial charge on any atom is 0.0208 e. The van der Waals surface area contributed by atoms with Crippen LogP contribution in [0, 0.1) is 11.8 Å². The SMILES string of the molecule is CC1CCCC(NCc2ccc(C(C)(C)C)cc2)C1C. The van der Waals surface area contributed by atoms with Crippen LogP contribution in [0.5, 0.6) is 0 Å². The number of hydrogen-bond acceptors (Lipinski definition) is 1. The van der Waals surface area contributed by atoms with Crippen LogP contribution in [0.1, 0.15) is 65.0 Å². The van der Waals surface area contributed by atoms with Gasteiger partial charge in [-0.2, -0.15) is 0 Å². The van der Waals surface area contributed by atoms with Crippen LogP contribution in [0.3, 0.4) is 0 Å². The molecule has 20 heavy (non-hydrogen) atoms. The molecule has 1 aromatic carbocycles. The fraction of sp³-hybridized carbons (Fsp3) is 0.684. The van der Waals surface area contributed by atoms with Gasteiger partial charge in [0, 0.05) is 12.6 Å². The molecule has 112 valence electrons. The Morgan fingerprint density at radius 2 is 1.70 bits per heavy atom. The van der Waals surface area contributed by atoms with Gasteiger partial charge in [-0.3, -0.25) is 0 Å². The standard InChI is InChI=1S/C19H31N/c1-14-7-6-8-18(15(14)2)20-13-16-9-11-17(12-10-16)19(3,4)5/h9-12,14-15,18,20H,6-8,13H2,1-5H3. The monoisotopic (exact) mass is 273 g/mol.